The number of rotatable bonds is 9. The average molecular weight is 421 g/mol. The molecule has 8 heteroatoms. The lowest BCUT2D eigenvalue weighted by Crippen LogP contribution is -2.39. The molecule has 6 nitrogen and oxygen atoms in total. The van der Waals surface area contributed by atoms with Gasteiger partial charge in [0.05, 0.1) is 11.4 Å². The third-order valence-electron chi connectivity index (χ3n) is 4.58. The highest BCUT2D eigenvalue weighted by Crippen LogP contribution is 2.22. The molecule has 1 unspecified atom stereocenters. The number of sulfonamides is 1. The van der Waals surface area contributed by atoms with Crippen LogP contribution in [0.25, 0.3) is 0 Å². The van der Waals surface area contributed by atoms with Gasteiger partial charge < -0.3 is 10.6 Å². The number of aliphatic imine (C=N–C) groups is 1. The maximum Gasteiger partial charge on any atom is 0.240 e. The van der Waals surface area contributed by atoms with E-state index in [1.165, 1.54) is 5.56 Å². The van der Waals surface area contributed by atoms with Crippen molar-refractivity contribution in [3.05, 3.63) is 52.2 Å². The molecule has 1 aromatic heterocycles. The molecular formula is C20H28N4O2S2. The summed E-state index contributed by atoms with van der Waals surface area (Å²) in [6.45, 7) is 6.29. The Kier molecular flexibility index (Phi) is 7.09. The van der Waals surface area contributed by atoms with E-state index in [9.17, 15) is 8.42 Å². The summed E-state index contributed by atoms with van der Waals surface area (Å²) >= 11 is 1.71. The van der Waals surface area contributed by atoms with E-state index in [0.717, 1.165) is 37.5 Å². The van der Waals surface area contributed by atoms with Gasteiger partial charge in [0, 0.05) is 19.1 Å². The zero-order valence-electron chi connectivity index (χ0n) is 16.3. The Morgan fingerprint density at radius 1 is 1.21 bits per heavy atom. The van der Waals surface area contributed by atoms with Gasteiger partial charge in [-0.15, -0.1) is 0 Å². The van der Waals surface area contributed by atoms with Gasteiger partial charge in [-0.2, -0.15) is 11.3 Å². The second-order valence-corrected chi connectivity index (χ2v) is 9.57. The lowest BCUT2D eigenvalue weighted by atomic mass is 10.1. The molecular weight excluding hydrogens is 392 g/mol. The first-order valence-electron chi connectivity index (χ1n) is 9.63. The van der Waals surface area contributed by atoms with Gasteiger partial charge in [0.1, 0.15) is 0 Å². The summed E-state index contributed by atoms with van der Waals surface area (Å²) in [5.41, 5.74) is 2.29. The van der Waals surface area contributed by atoms with Crippen molar-refractivity contribution >= 4 is 27.3 Å². The highest BCUT2D eigenvalue weighted by molar-refractivity contribution is 7.89. The predicted octanol–water partition coefficient (Wildman–Crippen LogP) is 3.05. The van der Waals surface area contributed by atoms with E-state index in [2.05, 4.69) is 44.1 Å². The Morgan fingerprint density at radius 2 is 1.96 bits per heavy atom. The molecule has 0 amide bonds. The van der Waals surface area contributed by atoms with Gasteiger partial charge in [-0.25, -0.2) is 18.1 Å². The SMILES string of the molecule is CCNC(=NCc1ccc(S(=O)(=O)NC2CC2)cc1)NCC(C)c1ccsc1. The molecule has 1 aliphatic rings. The molecule has 1 fully saturated rings. The molecule has 1 heterocycles. The molecule has 0 saturated heterocycles. The van der Waals surface area contributed by atoms with E-state index in [-0.39, 0.29) is 6.04 Å². The zero-order chi connectivity index (χ0) is 20.0. The highest BCUT2D eigenvalue weighted by Gasteiger charge is 2.27. The minimum Gasteiger partial charge on any atom is -0.357 e. The minimum absolute atomic E-state index is 0.111. The van der Waals surface area contributed by atoms with E-state index >= 15 is 0 Å². The summed E-state index contributed by atoms with van der Waals surface area (Å²) in [7, 11) is -3.40. The molecule has 0 bridgehead atoms. The fraction of sp³-hybridized carbons (Fsp3) is 0.450. The van der Waals surface area contributed by atoms with Crippen LogP contribution >= 0.6 is 11.3 Å². The Hall–Kier alpha value is -1.90. The normalized spacial score (nSPS) is 16.0. The summed E-state index contributed by atoms with van der Waals surface area (Å²) in [6, 6.07) is 9.20. The first kappa shape index (κ1) is 20.8. The number of benzene rings is 1. The van der Waals surface area contributed by atoms with Crippen LogP contribution in [0.15, 0.2) is 51.0 Å². The van der Waals surface area contributed by atoms with Crippen molar-refractivity contribution in [3.8, 4) is 0 Å². The summed E-state index contributed by atoms with van der Waals surface area (Å²) in [4.78, 5) is 4.93. The van der Waals surface area contributed by atoms with Crippen LogP contribution in [-0.4, -0.2) is 33.5 Å². The monoisotopic (exact) mass is 420 g/mol. The molecule has 2 aromatic rings. The summed E-state index contributed by atoms with van der Waals surface area (Å²) in [5, 5.41) is 10.9. The van der Waals surface area contributed by atoms with Gasteiger partial charge >= 0.3 is 0 Å². The van der Waals surface area contributed by atoms with E-state index in [1.807, 2.05) is 19.1 Å². The van der Waals surface area contributed by atoms with E-state index in [1.54, 1.807) is 23.5 Å². The van der Waals surface area contributed by atoms with Gasteiger partial charge in [0.2, 0.25) is 10.0 Å². The Morgan fingerprint density at radius 3 is 2.57 bits per heavy atom. The Bertz CT molecular complexity index is 873. The average Bonchev–Trinajstić information content (AvgIpc) is 3.31. The molecule has 152 valence electrons. The molecule has 0 radical (unpaired) electrons. The molecule has 1 aliphatic carbocycles. The summed E-state index contributed by atoms with van der Waals surface area (Å²) in [5.74, 6) is 1.16. The van der Waals surface area contributed by atoms with Crippen LogP contribution in [0.2, 0.25) is 0 Å². The standard InChI is InChI=1S/C20H28N4O2S2/c1-3-21-20(22-12-15(2)17-10-11-27-14-17)23-13-16-4-8-19(9-5-16)28(25,26)24-18-6-7-18/h4-5,8-11,14-15,18,24H,3,6-7,12-13H2,1-2H3,(H2,21,22,23). The predicted molar refractivity (Wildman–Crippen MR) is 115 cm³/mol. The fourth-order valence-corrected chi connectivity index (χ4v) is 4.79. The summed E-state index contributed by atoms with van der Waals surface area (Å²) in [6.07, 6.45) is 1.86. The van der Waals surface area contributed by atoms with Gasteiger partial charge in [-0.1, -0.05) is 19.1 Å². The van der Waals surface area contributed by atoms with Crippen molar-refractivity contribution in [1.29, 1.82) is 0 Å². The third-order valence-corrected chi connectivity index (χ3v) is 6.82. The summed E-state index contributed by atoms with van der Waals surface area (Å²) < 4.78 is 27.2. The van der Waals surface area contributed by atoms with E-state index in [0.29, 0.717) is 17.4 Å². The lowest BCUT2D eigenvalue weighted by molar-refractivity contribution is 0.581. The van der Waals surface area contributed by atoms with Crippen molar-refractivity contribution in [1.82, 2.24) is 15.4 Å². The van der Waals surface area contributed by atoms with E-state index in [4.69, 9.17) is 0 Å². The second kappa shape index (κ2) is 9.54. The van der Waals surface area contributed by atoms with Gasteiger partial charge in [0.25, 0.3) is 0 Å². The van der Waals surface area contributed by atoms with Gasteiger partial charge in [0.15, 0.2) is 5.96 Å². The maximum atomic E-state index is 12.2. The van der Waals surface area contributed by atoms with Crippen molar-refractivity contribution < 1.29 is 8.42 Å². The van der Waals surface area contributed by atoms with Crippen LogP contribution in [0.4, 0.5) is 0 Å². The second-order valence-electron chi connectivity index (χ2n) is 7.07. The zero-order valence-corrected chi connectivity index (χ0v) is 17.9. The number of thiophene rings is 1. The first-order valence-corrected chi connectivity index (χ1v) is 12.1. The van der Waals surface area contributed by atoms with Crippen LogP contribution < -0.4 is 15.4 Å². The van der Waals surface area contributed by atoms with Gasteiger partial charge in [-0.3, -0.25) is 0 Å². The first-order chi connectivity index (χ1) is 13.5. The van der Waals surface area contributed by atoms with Crippen LogP contribution in [-0.2, 0) is 16.6 Å². The van der Waals surface area contributed by atoms with Crippen molar-refractivity contribution in [2.75, 3.05) is 13.1 Å². The van der Waals surface area contributed by atoms with Crippen molar-refractivity contribution in [3.63, 3.8) is 0 Å². The van der Waals surface area contributed by atoms with Crippen LogP contribution in [0.3, 0.4) is 0 Å². The molecule has 0 aliphatic heterocycles. The van der Waals surface area contributed by atoms with Crippen molar-refractivity contribution in [2.24, 2.45) is 4.99 Å². The molecule has 3 N–H and O–H groups in total. The third kappa shape index (κ3) is 6.05. The highest BCUT2D eigenvalue weighted by atomic mass is 32.2. The molecule has 3 rings (SSSR count). The fourth-order valence-electron chi connectivity index (χ4n) is 2.70. The topological polar surface area (TPSA) is 82.6 Å². The van der Waals surface area contributed by atoms with E-state index < -0.39 is 10.0 Å². The van der Waals surface area contributed by atoms with Gasteiger partial charge in [-0.05, 0) is 65.8 Å². The maximum absolute atomic E-state index is 12.2. The smallest absolute Gasteiger partial charge is 0.240 e. The van der Waals surface area contributed by atoms with Crippen molar-refractivity contribution in [2.45, 2.75) is 50.1 Å². The molecule has 28 heavy (non-hydrogen) atoms. The number of hydrogen-bond donors (Lipinski definition) is 3. The minimum atomic E-state index is -3.40. The lowest BCUT2D eigenvalue weighted by Gasteiger charge is -2.15. The number of hydrogen-bond acceptors (Lipinski definition) is 4. The van der Waals surface area contributed by atoms with Crippen LogP contribution in [0, 0.1) is 0 Å². The molecule has 1 saturated carbocycles. The molecule has 1 atom stereocenters. The Balaban J connectivity index is 1.57. The van der Waals surface area contributed by atoms with Crippen LogP contribution in [0.5, 0.6) is 0 Å². The molecule has 1 aromatic carbocycles. The van der Waals surface area contributed by atoms with Crippen LogP contribution in [0.1, 0.15) is 43.7 Å². The number of nitrogens with one attached hydrogen (secondary N) is 3. The molecule has 0 spiro atoms. The Labute approximate surface area is 171 Å². The largest absolute Gasteiger partial charge is 0.357 e. The quantitative estimate of drug-likeness (QED) is 0.430. The number of guanidine groups is 1. The number of nitrogens with zero attached hydrogens (tertiary/aromatic N) is 1.